The van der Waals surface area contributed by atoms with Gasteiger partial charge in [0.05, 0.1) is 0 Å². The molecule has 0 bridgehead atoms. The van der Waals surface area contributed by atoms with Crippen LogP contribution in [0.15, 0.2) is 51.4 Å². The first-order valence-electron chi connectivity index (χ1n) is 7.03. The Morgan fingerprint density at radius 2 is 1.81 bits per heavy atom. The normalized spacial score (nSPS) is 12.4. The predicted molar refractivity (Wildman–Crippen MR) is 106 cm³/mol. The molecule has 112 valence electrons. The number of hydrogen-bond acceptors (Lipinski definition) is 1. The van der Waals surface area contributed by atoms with Gasteiger partial charge in [0.2, 0.25) is 0 Å². The second-order valence-corrected chi connectivity index (χ2v) is 8.02. The third-order valence-electron chi connectivity index (χ3n) is 3.33. The summed E-state index contributed by atoms with van der Waals surface area (Å²) in [5.74, 6) is 0. The van der Waals surface area contributed by atoms with Gasteiger partial charge in [0, 0.05) is 18.6 Å². The number of benzene rings is 2. The molecule has 0 spiro atoms. The van der Waals surface area contributed by atoms with Gasteiger partial charge in [-0.15, -0.1) is 0 Å². The molecule has 0 aliphatic carbocycles. The van der Waals surface area contributed by atoms with Gasteiger partial charge >= 0.3 is 0 Å². The quantitative estimate of drug-likeness (QED) is 0.452. The molecule has 2 aromatic rings. The highest BCUT2D eigenvalue weighted by molar-refractivity contribution is 14.1. The zero-order valence-corrected chi connectivity index (χ0v) is 17.2. The minimum absolute atomic E-state index is 0.326. The third kappa shape index (κ3) is 5.34. The molecule has 1 atom stereocenters. The van der Waals surface area contributed by atoms with Crippen molar-refractivity contribution >= 4 is 54.5 Å². The van der Waals surface area contributed by atoms with Gasteiger partial charge in [-0.1, -0.05) is 57.0 Å². The fourth-order valence-corrected chi connectivity index (χ4v) is 3.93. The van der Waals surface area contributed by atoms with E-state index in [1.54, 1.807) is 0 Å². The molecule has 1 unspecified atom stereocenters. The monoisotopic (exact) mass is 521 g/mol. The summed E-state index contributed by atoms with van der Waals surface area (Å²) < 4.78 is 3.52. The van der Waals surface area contributed by atoms with Gasteiger partial charge in [-0.05, 0) is 77.4 Å². The second-order valence-electron chi connectivity index (χ2n) is 5.00. The summed E-state index contributed by atoms with van der Waals surface area (Å²) in [6, 6.07) is 15.5. The van der Waals surface area contributed by atoms with Crippen molar-refractivity contribution in [2.75, 3.05) is 6.54 Å². The summed E-state index contributed by atoms with van der Waals surface area (Å²) in [7, 11) is 0. The first-order chi connectivity index (χ1) is 10.1. The molecule has 0 aliphatic rings. The number of nitrogens with one attached hydrogen (secondary N) is 1. The molecule has 0 aromatic heterocycles. The largest absolute Gasteiger partial charge is 0.310 e. The molecule has 1 N–H and O–H groups in total. The highest BCUT2D eigenvalue weighted by Crippen LogP contribution is 2.29. The Bertz CT molecular complexity index is 584. The lowest BCUT2D eigenvalue weighted by molar-refractivity contribution is 0.527. The van der Waals surface area contributed by atoms with Crippen molar-refractivity contribution in [3.05, 3.63) is 66.1 Å². The van der Waals surface area contributed by atoms with E-state index in [0.29, 0.717) is 6.04 Å². The third-order valence-corrected chi connectivity index (χ3v) is 5.23. The van der Waals surface area contributed by atoms with E-state index in [4.69, 9.17) is 0 Å². The Morgan fingerprint density at radius 1 is 1.10 bits per heavy atom. The molecule has 0 aliphatic heterocycles. The Labute approximate surface area is 157 Å². The Balaban J connectivity index is 2.22. The Morgan fingerprint density at radius 3 is 2.43 bits per heavy atom. The van der Waals surface area contributed by atoms with E-state index >= 15 is 0 Å². The molecule has 21 heavy (non-hydrogen) atoms. The maximum absolute atomic E-state index is 3.69. The molecule has 0 fully saturated rings. The van der Waals surface area contributed by atoms with Crippen LogP contribution in [0.25, 0.3) is 0 Å². The maximum atomic E-state index is 3.69. The zero-order chi connectivity index (χ0) is 15.2. The van der Waals surface area contributed by atoms with Crippen LogP contribution in [0.2, 0.25) is 0 Å². The average molecular weight is 523 g/mol. The molecule has 0 saturated heterocycles. The zero-order valence-electron chi connectivity index (χ0n) is 11.9. The number of hydrogen-bond donors (Lipinski definition) is 1. The van der Waals surface area contributed by atoms with Crippen molar-refractivity contribution in [3.63, 3.8) is 0 Å². The van der Waals surface area contributed by atoms with Gasteiger partial charge in [0.1, 0.15) is 0 Å². The average Bonchev–Trinajstić information content (AvgIpc) is 2.46. The van der Waals surface area contributed by atoms with Gasteiger partial charge in [-0.3, -0.25) is 0 Å². The molecular weight excluding hydrogens is 505 g/mol. The fraction of sp³-hybridized carbons (Fsp3) is 0.294. The molecule has 1 nitrogen and oxygen atoms in total. The highest BCUT2D eigenvalue weighted by atomic mass is 127. The van der Waals surface area contributed by atoms with Crippen molar-refractivity contribution in [1.82, 2.24) is 5.32 Å². The van der Waals surface area contributed by atoms with Gasteiger partial charge in [-0.2, -0.15) is 0 Å². The summed E-state index contributed by atoms with van der Waals surface area (Å²) in [4.78, 5) is 0. The smallest absolute Gasteiger partial charge is 0.0372 e. The summed E-state index contributed by atoms with van der Waals surface area (Å²) in [5.41, 5.74) is 2.67. The van der Waals surface area contributed by atoms with E-state index in [2.05, 4.69) is 109 Å². The summed E-state index contributed by atoms with van der Waals surface area (Å²) >= 11 is 9.56. The van der Waals surface area contributed by atoms with Crippen LogP contribution in [0.5, 0.6) is 0 Å². The van der Waals surface area contributed by atoms with E-state index in [-0.39, 0.29) is 0 Å². The molecule has 0 saturated carbocycles. The molecule has 0 amide bonds. The first kappa shape index (κ1) is 17.4. The van der Waals surface area contributed by atoms with Crippen LogP contribution in [0.3, 0.4) is 0 Å². The standard InChI is InChI=1S/C17H18Br2IN/c1-2-9-21-17(10-12-3-6-14(20)7-4-12)15-8-5-13(18)11-16(15)19/h3-8,11,17,21H,2,9-10H2,1H3. The van der Waals surface area contributed by atoms with Crippen molar-refractivity contribution in [2.24, 2.45) is 0 Å². The first-order valence-corrected chi connectivity index (χ1v) is 9.69. The number of halogens is 3. The molecule has 0 heterocycles. The van der Waals surface area contributed by atoms with Crippen molar-refractivity contribution in [3.8, 4) is 0 Å². The number of rotatable bonds is 6. The Kier molecular flexibility index (Phi) is 7.19. The summed E-state index contributed by atoms with van der Waals surface area (Å²) in [6.07, 6.45) is 2.13. The molecular formula is C17H18Br2IN. The van der Waals surface area contributed by atoms with Crippen LogP contribution in [-0.2, 0) is 6.42 Å². The van der Waals surface area contributed by atoms with Gasteiger partial charge in [0.15, 0.2) is 0 Å². The topological polar surface area (TPSA) is 12.0 Å². The molecule has 2 aromatic carbocycles. The molecule has 0 radical (unpaired) electrons. The van der Waals surface area contributed by atoms with E-state index < -0.39 is 0 Å². The minimum atomic E-state index is 0.326. The Hall–Kier alpha value is 0.0900. The van der Waals surface area contributed by atoms with E-state index in [1.165, 1.54) is 14.7 Å². The lowest BCUT2D eigenvalue weighted by atomic mass is 9.99. The highest BCUT2D eigenvalue weighted by Gasteiger charge is 2.14. The van der Waals surface area contributed by atoms with Crippen LogP contribution in [0, 0.1) is 3.57 Å². The predicted octanol–water partition coefficient (Wildman–Crippen LogP) is 6.10. The SMILES string of the molecule is CCCNC(Cc1ccc(I)cc1)c1ccc(Br)cc1Br. The lowest BCUT2D eigenvalue weighted by Gasteiger charge is -2.21. The van der Waals surface area contributed by atoms with Gasteiger partial charge in [0.25, 0.3) is 0 Å². The van der Waals surface area contributed by atoms with Crippen LogP contribution < -0.4 is 5.32 Å². The molecule has 4 heteroatoms. The van der Waals surface area contributed by atoms with E-state index in [0.717, 1.165) is 28.3 Å². The van der Waals surface area contributed by atoms with Crippen LogP contribution in [0.4, 0.5) is 0 Å². The van der Waals surface area contributed by atoms with Crippen LogP contribution >= 0.6 is 54.5 Å². The van der Waals surface area contributed by atoms with Crippen LogP contribution in [-0.4, -0.2) is 6.54 Å². The maximum Gasteiger partial charge on any atom is 0.0372 e. The molecule has 2 rings (SSSR count). The van der Waals surface area contributed by atoms with Crippen molar-refractivity contribution < 1.29 is 0 Å². The lowest BCUT2D eigenvalue weighted by Crippen LogP contribution is -2.24. The minimum Gasteiger partial charge on any atom is -0.310 e. The van der Waals surface area contributed by atoms with Crippen molar-refractivity contribution in [1.29, 1.82) is 0 Å². The van der Waals surface area contributed by atoms with E-state index in [1.807, 2.05) is 0 Å². The van der Waals surface area contributed by atoms with Crippen LogP contribution in [0.1, 0.15) is 30.5 Å². The van der Waals surface area contributed by atoms with Crippen molar-refractivity contribution in [2.45, 2.75) is 25.8 Å². The van der Waals surface area contributed by atoms with E-state index in [9.17, 15) is 0 Å². The van der Waals surface area contributed by atoms with Gasteiger partial charge in [-0.25, -0.2) is 0 Å². The summed E-state index contributed by atoms with van der Waals surface area (Å²) in [6.45, 7) is 3.23. The van der Waals surface area contributed by atoms with Gasteiger partial charge < -0.3 is 5.32 Å². The second kappa shape index (κ2) is 8.65. The fourth-order valence-electron chi connectivity index (χ4n) is 2.25. The summed E-state index contributed by atoms with van der Waals surface area (Å²) in [5, 5.41) is 3.66.